The Bertz CT molecular complexity index is 676. The van der Waals surface area contributed by atoms with Crippen molar-refractivity contribution in [1.29, 1.82) is 0 Å². The van der Waals surface area contributed by atoms with Crippen molar-refractivity contribution in [3.8, 4) is 11.1 Å². The summed E-state index contributed by atoms with van der Waals surface area (Å²) in [7, 11) is 0. The van der Waals surface area contributed by atoms with Gasteiger partial charge < -0.3 is 5.11 Å². The summed E-state index contributed by atoms with van der Waals surface area (Å²) in [6.45, 7) is 0. The molecule has 0 aliphatic rings. The summed E-state index contributed by atoms with van der Waals surface area (Å²) >= 11 is 11.9. The van der Waals surface area contributed by atoms with E-state index in [-0.39, 0.29) is 0 Å². The topological polar surface area (TPSA) is 37.3 Å². The summed E-state index contributed by atoms with van der Waals surface area (Å²) in [4.78, 5) is 10.6. The Balaban J connectivity index is 2.58. The van der Waals surface area contributed by atoms with Crippen LogP contribution in [0.1, 0.15) is 5.56 Å². The van der Waals surface area contributed by atoms with Crippen LogP contribution in [0.15, 0.2) is 42.5 Å². The van der Waals surface area contributed by atoms with E-state index in [4.69, 9.17) is 28.3 Å². The lowest BCUT2D eigenvalue weighted by atomic mass is 9.99. The molecule has 0 saturated heterocycles. The molecule has 102 valence electrons. The van der Waals surface area contributed by atoms with Crippen molar-refractivity contribution >= 4 is 35.2 Å². The Morgan fingerprint density at radius 2 is 1.75 bits per heavy atom. The van der Waals surface area contributed by atoms with E-state index < -0.39 is 11.8 Å². The highest BCUT2D eigenvalue weighted by Crippen LogP contribution is 2.30. The molecule has 0 aliphatic heterocycles. The van der Waals surface area contributed by atoms with Crippen LogP contribution in [-0.2, 0) is 4.79 Å². The fourth-order valence-corrected chi connectivity index (χ4v) is 2.33. The highest BCUT2D eigenvalue weighted by Gasteiger charge is 2.07. The van der Waals surface area contributed by atoms with Gasteiger partial charge >= 0.3 is 5.97 Å². The summed E-state index contributed by atoms with van der Waals surface area (Å²) in [5.41, 5.74) is 1.77. The molecule has 0 unspecified atom stereocenters. The van der Waals surface area contributed by atoms with E-state index >= 15 is 0 Å². The molecule has 1 N–H and O–H groups in total. The number of hydrogen-bond donors (Lipinski definition) is 1. The summed E-state index contributed by atoms with van der Waals surface area (Å²) in [5.74, 6) is -1.56. The van der Waals surface area contributed by atoms with Crippen LogP contribution in [0.2, 0.25) is 10.0 Å². The Kier molecular flexibility index (Phi) is 4.42. The molecule has 0 radical (unpaired) electrons. The Labute approximate surface area is 125 Å². The van der Waals surface area contributed by atoms with Crippen LogP contribution in [0.3, 0.4) is 0 Å². The molecule has 20 heavy (non-hydrogen) atoms. The minimum absolute atomic E-state index is 0.436. The first-order valence-corrected chi connectivity index (χ1v) is 6.38. The second-order valence-electron chi connectivity index (χ2n) is 4.06. The number of aliphatic carboxylic acids is 1. The van der Waals surface area contributed by atoms with Crippen LogP contribution < -0.4 is 0 Å². The first-order valence-electron chi connectivity index (χ1n) is 5.63. The minimum atomic E-state index is -1.11. The largest absolute Gasteiger partial charge is 0.478 e. The van der Waals surface area contributed by atoms with Gasteiger partial charge in [-0.25, -0.2) is 9.18 Å². The zero-order chi connectivity index (χ0) is 14.7. The van der Waals surface area contributed by atoms with Crippen molar-refractivity contribution in [2.75, 3.05) is 0 Å². The molecule has 0 bridgehead atoms. The van der Waals surface area contributed by atoms with Crippen molar-refractivity contribution in [1.82, 2.24) is 0 Å². The van der Waals surface area contributed by atoms with E-state index in [0.717, 1.165) is 6.08 Å². The second-order valence-corrected chi connectivity index (χ2v) is 4.93. The lowest BCUT2D eigenvalue weighted by Crippen LogP contribution is -1.89. The van der Waals surface area contributed by atoms with Gasteiger partial charge in [0.1, 0.15) is 5.82 Å². The van der Waals surface area contributed by atoms with Gasteiger partial charge in [0.2, 0.25) is 0 Å². The van der Waals surface area contributed by atoms with Crippen molar-refractivity contribution in [3.63, 3.8) is 0 Å². The molecule has 2 aromatic rings. The number of halogens is 3. The fourth-order valence-electron chi connectivity index (χ4n) is 1.80. The van der Waals surface area contributed by atoms with Gasteiger partial charge in [-0.15, -0.1) is 0 Å². The second kappa shape index (κ2) is 6.07. The number of benzene rings is 2. The number of hydrogen-bond acceptors (Lipinski definition) is 1. The summed E-state index contributed by atoms with van der Waals surface area (Å²) in [6, 6.07) is 9.05. The first kappa shape index (κ1) is 14.6. The SMILES string of the molecule is O=C(O)/C=C/c1cc(F)ccc1-c1cc(Cl)cc(Cl)c1. The smallest absolute Gasteiger partial charge is 0.328 e. The fraction of sp³-hybridized carbons (Fsp3) is 0. The number of rotatable bonds is 3. The maximum Gasteiger partial charge on any atom is 0.328 e. The number of carboxylic acids is 1. The van der Waals surface area contributed by atoms with Gasteiger partial charge in [0.05, 0.1) is 0 Å². The Morgan fingerprint density at radius 3 is 2.35 bits per heavy atom. The van der Waals surface area contributed by atoms with Gasteiger partial charge in [0.15, 0.2) is 0 Å². The normalized spacial score (nSPS) is 10.9. The molecule has 0 heterocycles. The molecular weight excluding hydrogens is 302 g/mol. The zero-order valence-corrected chi connectivity index (χ0v) is 11.6. The van der Waals surface area contributed by atoms with E-state index in [2.05, 4.69) is 0 Å². The van der Waals surface area contributed by atoms with E-state index in [9.17, 15) is 9.18 Å². The van der Waals surface area contributed by atoms with Gasteiger partial charge in [-0.05, 0) is 53.1 Å². The molecule has 2 rings (SSSR count). The average molecular weight is 311 g/mol. The highest BCUT2D eigenvalue weighted by molar-refractivity contribution is 6.35. The Hall–Kier alpha value is -1.84. The molecule has 2 nitrogen and oxygen atoms in total. The molecule has 0 atom stereocenters. The van der Waals surface area contributed by atoms with Crippen LogP contribution in [0.4, 0.5) is 4.39 Å². The highest BCUT2D eigenvalue weighted by atomic mass is 35.5. The molecule has 0 fully saturated rings. The van der Waals surface area contributed by atoms with E-state index in [1.54, 1.807) is 24.3 Å². The van der Waals surface area contributed by atoms with Gasteiger partial charge in [0, 0.05) is 16.1 Å². The molecule has 2 aromatic carbocycles. The van der Waals surface area contributed by atoms with Crippen LogP contribution in [-0.4, -0.2) is 11.1 Å². The maximum atomic E-state index is 13.3. The van der Waals surface area contributed by atoms with Gasteiger partial charge in [0.25, 0.3) is 0 Å². The molecule has 0 aromatic heterocycles. The van der Waals surface area contributed by atoms with E-state index in [0.29, 0.717) is 26.7 Å². The van der Waals surface area contributed by atoms with Gasteiger partial charge in [-0.2, -0.15) is 0 Å². The van der Waals surface area contributed by atoms with E-state index in [1.807, 2.05) is 0 Å². The van der Waals surface area contributed by atoms with Crippen LogP contribution >= 0.6 is 23.2 Å². The van der Waals surface area contributed by atoms with Crippen molar-refractivity contribution in [2.45, 2.75) is 0 Å². The molecule has 0 amide bonds. The predicted octanol–water partition coefficient (Wildman–Crippen LogP) is 4.90. The molecular formula is C15H9Cl2FO2. The van der Waals surface area contributed by atoms with Gasteiger partial charge in [-0.1, -0.05) is 29.3 Å². The number of carbonyl (C=O) groups is 1. The number of carboxylic acid groups (broad SMARTS) is 1. The quantitative estimate of drug-likeness (QED) is 0.819. The lowest BCUT2D eigenvalue weighted by Gasteiger charge is -2.08. The zero-order valence-electron chi connectivity index (χ0n) is 10.1. The Morgan fingerprint density at radius 1 is 1.10 bits per heavy atom. The third-order valence-corrected chi connectivity index (χ3v) is 3.03. The predicted molar refractivity (Wildman–Crippen MR) is 78.5 cm³/mol. The summed E-state index contributed by atoms with van der Waals surface area (Å²) in [6.07, 6.45) is 2.28. The lowest BCUT2D eigenvalue weighted by molar-refractivity contribution is -0.131. The standard InChI is InChI=1S/C15H9Cl2FO2/c16-11-5-10(6-12(17)8-11)14-3-2-13(18)7-9(14)1-4-15(19)20/h1-8H,(H,19,20)/b4-1+. The van der Waals surface area contributed by atoms with Gasteiger partial charge in [-0.3, -0.25) is 0 Å². The summed E-state index contributed by atoms with van der Waals surface area (Å²) < 4.78 is 13.3. The van der Waals surface area contributed by atoms with Crippen molar-refractivity contribution in [3.05, 3.63) is 63.9 Å². The third kappa shape index (κ3) is 3.59. The molecule has 0 spiro atoms. The third-order valence-electron chi connectivity index (χ3n) is 2.59. The van der Waals surface area contributed by atoms with Crippen LogP contribution in [0.5, 0.6) is 0 Å². The summed E-state index contributed by atoms with van der Waals surface area (Å²) in [5, 5.41) is 9.57. The van der Waals surface area contributed by atoms with Crippen LogP contribution in [0, 0.1) is 5.82 Å². The monoisotopic (exact) mass is 310 g/mol. The minimum Gasteiger partial charge on any atom is -0.478 e. The van der Waals surface area contributed by atoms with E-state index in [1.165, 1.54) is 18.2 Å². The van der Waals surface area contributed by atoms with Crippen molar-refractivity contribution in [2.24, 2.45) is 0 Å². The molecule has 0 saturated carbocycles. The molecule has 0 aliphatic carbocycles. The molecule has 5 heteroatoms. The van der Waals surface area contributed by atoms with Crippen molar-refractivity contribution < 1.29 is 14.3 Å². The maximum absolute atomic E-state index is 13.3. The van der Waals surface area contributed by atoms with Crippen LogP contribution in [0.25, 0.3) is 17.2 Å². The average Bonchev–Trinajstić information content (AvgIpc) is 2.35. The first-order chi connectivity index (χ1) is 9.45.